The zero-order valence-corrected chi connectivity index (χ0v) is 20.3. The first-order valence-corrected chi connectivity index (χ1v) is 11.2. The highest BCUT2D eigenvalue weighted by atomic mass is 16.5. The van der Waals surface area contributed by atoms with E-state index in [1.54, 1.807) is 10.8 Å². The van der Waals surface area contributed by atoms with Gasteiger partial charge in [0.15, 0.2) is 11.5 Å². The van der Waals surface area contributed by atoms with Gasteiger partial charge < -0.3 is 14.2 Å². The summed E-state index contributed by atoms with van der Waals surface area (Å²) in [6, 6.07) is 8.26. The molecule has 0 fully saturated rings. The molecule has 170 valence electrons. The lowest BCUT2D eigenvalue weighted by molar-refractivity contribution is 0.296. The van der Waals surface area contributed by atoms with Crippen LogP contribution in [0.3, 0.4) is 0 Å². The van der Waals surface area contributed by atoms with Crippen LogP contribution in [0.15, 0.2) is 30.6 Å². The number of hydrogen-bond acceptors (Lipinski definition) is 5. The molecule has 0 aliphatic carbocycles. The van der Waals surface area contributed by atoms with Crippen LogP contribution in [0.1, 0.15) is 49.8 Å². The molecule has 0 aliphatic rings. The Bertz CT molecular complexity index is 1230. The van der Waals surface area contributed by atoms with Gasteiger partial charge in [-0.25, -0.2) is 14.5 Å². The van der Waals surface area contributed by atoms with Gasteiger partial charge in [0.2, 0.25) is 0 Å². The number of fused-ring (bicyclic) bond motifs is 3. The summed E-state index contributed by atoms with van der Waals surface area (Å²) in [6.45, 7) is 13.2. The molecule has 7 heteroatoms. The summed E-state index contributed by atoms with van der Waals surface area (Å²) in [5.41, 5.74) is 5.66. The fourth-order valence-electron chi connectivity index (χ4n) is 4.05. The van der Waals surface area contributed by atoms with Crippen LogP contribution in [0.4, 0.5) is 0 Å². The van der Waals surface area contributed by atoms with Gasteiger partial charge in [0.25, 0.3) is 0 Å². The minimum Gasteiger partial charge on any atom is -0.486 e. The number of ether oxygens (including phenoxy) is 1. The fourth-order valence-corrected chi connectivity index (χ4v) is 4.05. The number of hydrogen-bond donors (Lipinski definition) is 0. The molecule has 4 rings (SSSR count). The summed E-state index contributed by atoms with van der Waals surface area (Å²) in [7, 11) is 4.21. The normalized spacial score (nSPS) is 12.4. The van der Waals surface area contributed by atoms with Crippen molar-refractivity contribution in [2.75, 3.05) is 20.6 Å². The van der Waals surface area contributed by atoms with Crippen molar-refractivity contribution in [2.45, 2.75) is 59.6 Å². The Morgan fingerprint density at radius 3 is 2.41 bits per heavy atom. The van der Waals surface area contributed by atoms with Crippen molar-refractivity contribution < 1.29 is 4.74 Å². The molecular weight excluding hydrogens is 400 g/mol. The Morgan fingerprint density at radius 1 is 1.03 bits per heavy atom. The number of rotatable bonds is 7. The van der Waals surface area contributed by atoms with Crippen LogP contribution in [0.5, 0.6) is 5.75 Å². The molecule has 0 N–H and O–H groups in total. The lowest BCUT2D eigenvalue weighted by Crippen LogP contribution is -2.15. The second kappa shape index (κ2) is 8.54. The first-order chi connectivity index (χ1) is 15.1. The highest BCUT2D eigenvalue weighted by Crippen LogP contribution is 2.28. The zero-order valence-electron chi connectivity index (χ0n) is 20.3. The van der Waals surface area contributed by atoms with E-state index in [4.69, 9.17) is 14.7 Å². The van der Waals surface area contributed by atoms with Crippen LogP contribution < -0.4 is 4.74 Å². The van der Waals surface area contributed by atoms with Gasteiger partial charge in [0, 0.05) is 12.2 Å². The van der Waals surface area contributed by atoms with E-state index < -0.39 is 0 Å². The molecule has 1 aromatic carbocycles. The van der Waals surface area contributed by atoms with E-state index in [9.17, 15) is 0 Å². The lowest BCUT2D eigenvalue weighted by atomic mass is 9.87. The number of nitrogens with zero attached hydrogens (tertiary/aromatic N) is 6. The van der Waals surface area contributed by atoms with Gasteiger partial charge in [0.05, 0.1) is 5.39 Å². The van der Waals surface area contributed by atoms with Gasteiger partial charge in [-0.05, 0) is 69.6 Å². The third kappa shape index (κ3) is 4.35. The van der Waals surface area contributed by atoms with Crippen LogP contribution in [-0.2, 0) is 18.6 Å². The van der Waals surface area contributed by atoms with E-state index >= 15 is 0 Å². The number of benzene rings is 1. The molecule has 0 unspecified atom stereocenters. The van der Waals surface area contributed by atoms with Crippen LogP contribution in [-0.4, -0.2) is 49.7 Å². The molecule has 4 aromatic rings. The van der Waals surface area contributed by atoms with E-state index in [0.29, 0.717) is 12.4 Å². The van der Waals surface area contributed by atoms with Gasteiger partial charge in [-0.3, -0.25) is 0 Å². The van der Waals surface area contributed by atoms with Crippen molar-refractivity contribution >= 4 is 16.7 Å². The smallest absolute Gasteiger partial charge is 0.189 e. The second-order valence-corrected chi connectivity index (χ2v) is 9.82. The maximum Gasteiger partial charge on any atom is 0.189 e. The van der Waals surface area contributed by atoms with E-state index in [0.717, 1.165) is 41.9 Å². The predicted octanol–water partition coefficient (Wildman–Crippen LogP) is 4.52. The molecule has 0 radical (unpaired) electrons. The van der Waals surface area contributed by atoms with Gasteiger partial charge in [-0.15, -0.1) is 5.10 Å². The van der Waals surface area contributed by atoms with Gasteiger partial charge in [0.1, 0.15) is 24.3 Å². The Labute approximate surface area is 190 Å². The highest BCUT2D eigenvalue weighted by molar-refractivity contribution is 5.93. The molecule has 0 atom stereocenters. The van der Waals surface area contributed by atoms with Crippen LogP contribution in [0.25, 0.3) is 16.7 Å². The predicted molar refractivity (Wildman–Crippen MR) is 128 cm³/mol. The van der Waals surface area contributed by atoms with Crippen LogP contribution >= 0.6 is 0 Å². The summed E-state index contributed by atoms with van der Waals surface area (Å²) in [4.78, 5) is 11.7. The Hall–Kier alpha value is -2.93. The molecule has 0 bridgehead atoms. The zero-order chi connectivity index (χ0) is 23.0. The standard InChI is InChI=1S/C25H34N6O/c1-17-18(2)30(14-8-13-29(6)7)23-22(17)24-27-21(28-31(24)16-26-23)15-32-20-11-9-19(10-12-20)25(3,4)5/h9-12,16H,8,13-15H2,1-7H3. The molecule has 7 nitrogen and oxygen atoms in total. The van der Waals surface area contributed by atoms with Crippen molar-refractivity contribution in [1.29, 1.82) is 0 Å². The molecular formula is C25H34N6O. The van der Waals surface area contributed by atoms with Crippen LogP contribution in [0.2, 0.25) is 0 Å². The Balaban J connectivity index is 1.58. The molecule has 32 heavy (non-hydrogen) atoms. The van der Waals surface area contributed by atoms with E-state index in [1.807, 2.05) is 12.1 Å². The van der Waals surface area contributed by atoms with E-state index in [-0.39, 0.29) is 5.41 Å². The van der Waals surface area contributed by atoms with Crippen molar-refractivity contribution in [2.24, 2.45) is 0 Å². The van der Waals surface area contributed by atoms with E-state index in [1.165, 1.54) is 16.8 Å². The quantitative estimate of drug-likeness (QED) is 0.428. The molecule has 0 spiro atoms. The maximum absolute atomic E-state index is 5.97. The third-order valence-electron chi connectivity index (χ3n) is 6.07. The van der Waals surface area contributed by atoms with Crippen LogP contribution in [0, 0.1) is 13.8 Å². The summed E-state index contributed by atoms with van der Waals surface area (Å²) in [5.74, 6) is 1.47. The minimum atomic E-state index is 0.124. The summed E-state index contributed by atoms with van der Waals surface area (Å²) < 4.78 is 10.0. The largest absolute Gasteiger partial charge is 0.486 e. The summed E-state index contributed by atoms with van der Waals surface area (Å²) in [5, 5.41) is 5.67. The molecule has 0 aliphatic heterocycles. The van der Waals surface area contributed by atoms with Gasteiger partial charge in [-0.1, -0.05) is 32.9 Å². The lowest BCUT2D eigenvalue weighted by Gasteiger charge is -2.19. The summed E-state index contributed by atoms with van der Waals surface area (Å²) >= 11 is 0. The summed E-state index contributed by atoms with van der Waals surface area (Å²) in [6.07, 6.45) is 2.83. The average molecular weight is 435 g/mol. The second-order valence-electron chi connectivity index (χ2n) is 9.82. The molecule has 0 saturated carbocycles. The topological polar surface area (TPSA) is 60.5 Å². The Morgan fingerprint density at radius 2 is 1.75 bits per heavy atom. The fraction of sp³-hybridized carbons (Fsp3) is 0.480. The van der Waals surface area contributed by atoms with Gasteiger partial charge >= 0.3 is 0 Å². The molecule has 0 saturated heterocycles. The number of aromatic nitrogens is 5. The minimum absolute atomic E-state index is 0.124. The first-order valence-electron chi connectivity index (χ1n) is 11.2. The van der Waals surface area contributed by atoms with Crippen molar-refractivity contribution in [3.05, 3.63) is 53.2 Å². The van der Waals surface area contributed by atoms with Crippen molar-refractivity contribution in [3.8, 4) is 5.75 Å². The average Bonchev–Trinajstić information content (AvgIpc) is 3.26. The van der Waals surface area contributed by atoms with Gasteiger partial charge in [-0.2, -0.15) is 0 Å². The van der Waals surface area contributed by atoms with E-state index in [2.05, 4.69) is 75.4 Å². The monoisotopic (exact) mass is 434 g/mol. The third-order valence-corrected chi connectivity index (χ3v) is 6.07. The molecule has 3 aromatic heterocycles. The molecule has 0 amide bonds. The van der Waals surface area contributed by atoms with Crippen molar-refractivity contribution in [1.82, 2.24) is 29.0 Å². The maximum atomic E-state index is 5.97. The molecule has 3 heterocycles. The van der Waals surface area contributed by atoms with Crippen molar-refractivity contribution in [3.63, 3.8) is 0 Å². The Kier molecular flexibility index (Phi) is 5.95. The first kappa shape index (κ1) is 22.3. The number of aryl methyl sites for hydroxylation is 2. The highest BCUT2D eigenvalue weighted by Gasteiger charge is 2.18. The SMILES string of the molecule is Cc1c(C)n(CCCN(C)C)c2ncn3nc(COc4ccc(C(C)(C)C)cc4)nc3c12.